The average Bonchev–Trinajstić information content (AvgIpc) is 3.10. The van der Waals surface area contributed by atoms with Gasteiger partial charge in [-0.25, -0.2) is 10.0 Å². The van der Waals surface area contributed by atoms with Crippen molar-refractivity contribution in [1.29, 1.82) is 0 Å². The number of hydrogen-bond acceptors (Lipinski definition) is 10. The molecule has 7 rings (SSSR count). The lowest BCUT2D eigenvalue weighted by molar-refractivity contribution is -0.139. The van der Waals surface area contributed by atoms with Crippen LogP contribution in [0.5, 0.6) is 11.5 Å². The highest BCUT2D eigenvalue weighted by Crippen LogP contribution is 2.41. The third-order valence-corrected chi connectivity index (χ3v) is 14.9. The Morgan fingerprint density at radius 2 is 1.21 bits per heavy atom. The number of amidine groups is 2. The van der Waals surface area contributed by atoms with Crippen LogP contribution in [-0.4, -0.2) is 102 Å². The maximum Gasteiger partial charge on any atom is 0.267 e. The van der Waals surface area contributed by atoms with Crippen LogP contribution in [0, 0.1) is 13.8 Å². The minimum atomic E-state index is -1.16. The lowest BCUT2D eigenvalue weighted by Crippen LogP contribution is -2.57. The van der Waals surface area contributed by atoms with Gasteiger partial charge in [0.15, 0.2) is 11.7 Å². The molecule has 2 atom stereocenters. The maximum absolute atomic E-state index is 13.0. The molecule has 2 aromatic carbocycles. The van der Waals surface area contributed by atoms with Gasteiger partial charge in [0, 0.05) is 33.8 Å². The van der Waals surface area contributed by atoms with Crippen molar-refractivity contribution in [3.63, 3.8) is 0 Å². The first kappa shape index (κ1) is 42.1. The molecule has 0 saturated heterocycles. The monoisotopic (exact) mass is 866 g/mol. The predicted octanol–water partition coefficient (Wildman–Crippen LogP) is 8.43. The van der Waals surface area contributed by atoms with Crippen LogP contribution in [0.1, 0.15) is 49.8 Å². The van der Waals surface area contributed by atoms with Gasteiger partial charge >= 0.3 is 0 Å². The van der Waals surface area contributed by atoms with E-state index in [-0.39, 0.29) is 37.4 Å². The summed E-state index contributed by atoms with van der Waals surface area (Å²) in [6.07, 6.45) is 5.94. The molecule has 1 saturated carbocycles. The second-order valence-electron chi connectivity index (χ2n) is 17.8. The van der Waals surface area contributed by atoms with E-state index < -0.39 is 16.1 Å². The normalized spacial score (nSPS) is 20.3. The number of halogens is 1. The first-order valence-electron chi connectivity index (χ1n) is 19.8. The first-order chi connectivity index (χ1) is 26.4. The molecule has 56 heavy (non-hydrogen) atoms. The van der Waals surface area contributed by atoms with Crippen LogP contribution in [0.25, 0.3) is 6.08 Å². The zero-order valence-electron chi connectivity index (χ0n) is 34.8. The van der Waals surface area contributed by atoms with Gasteiger partial charge in [-0.05, 0) is 100 Å². The molecule has 304 valence electrons. The van der Waals surface area contributed by atoms with Gasteiger partial charge in [-0.3, -0.25) is 9.59 Å². The van der Waals surface area contributed by atoms with Gasteiger partial charge in [0.25, 0.3) is 11.8 Å². The Bertz CT molecular complexity index is 1920. The summed E-state index contributed by atoms with van der Waals surface area (Å²) < 4.78 is 24.4. The topological polar surface area (TPSA) is 109 Å². The molecule has 0 bridgehead atoms. The van der Waals surface area contributed by atoms with Gasteiger partial charge in [0.05, 0.1) is 11.4 Å². The number of hydrogen-bond donors (Lipinski definition) is 0. The van der Waals surface area contributed by atoms with Crippen molar-refractivity contribution in [3.8, 4) is 11.5 Å². The molecule has 0 aromatic heterocycles. The van der Waals surface area contributed by atoms with E-state index >= 15 is 0 Å². The van der Waals surface area contributed by atoms with Gasteiger partial charge < -0.3 is 28.7 Å². The fraction of sp³-hybridized carbons (Fsp3) is 0.561. The Balaban J connectivity index is 0.000000192. The van der Waals surface area contributed by atoms with Crippen molar-refractivity contribution in [1.82, 2.24) is 10.0 Å². The van der Waals surface area contributed by atoms with Gasteiger partial charge in [-0.1, -0.05) is 66.9 Å². The van der Waals surface area contributed by atoms with E-state index in [2.05, 4.69) is 90.5 Å². The third-order valence-electron chi connectivity index (χ3n) is 10.6. The molecule has 2 aromatic rings. The Labute approximate surface area is 343 Å². The lowest BCUT2D eigenvalue weighted by atomic mass is 9.89. The number of benzene rings is 2. The molecular formula is C41H59BrN6O6Si2. The molecule has 1 fully saturated rings. The SMILES string of the molecule is Cc1cc2c(cc1Br)N1C(=NN(COCC[Si](C)(C)C)C(=O)C1C)CO2.Cc1cc2c(cc1C=C1CCC1)N1C(=NN(COCC[Si](C)(C)C)C(=O)C1C)CO2. The van der Waals surface area contributed by atoms with Crippen molar-refractivity contribution in [3.05, 3.63) is 51.0 Å². The van der Waals surface area contributed by atoms with Crippen LogP contribution in [0.4, 0.5) is 11.4 Å². The molecule has 0 radical (unpaired) electrons. The van der Waals surface area contributed by atoms with Crippen LogP contribution < -0.4 is 19.3 Å². The Hall–Kier alpha value is -3.51. The molecule has 4 heterocycles. The van der Waals surface area contributed by atoms with Crippen LogP contribution in [0.3, 0.4) is 0 Å². The summed E-state index contributed by atoms with van der Waals surface area (Å²) >= 11 is 3.56. The summed E-state index contributed by atoms with van der Waals surface area (Å²) in [4.78, 5) is 29.8. The predicted molar refractivity (Wildman–Crippen MR) is 233 cm³/mol. The number of carbonyl (C=O) groups excluding carboxylic acids is 2. The van der Waals surface area contributed by atoms with Crippen LogP contribution in [0.2, 0.25) is 51.4 Å². The van der Waals surface area contributed by atoms with E-state index in [0.29, 0.717) is 26.4 Å². The van der Waals surface area contributed by atoms with E-state index in [1.54, 1.807) is 0 Å². The first-order valence-corrected chi connectivity index (χ1v) is 28.0. The van der Waals surface area contributed by atoms with E-state index in [1.807, 2.05) is 42.7 Å². The highest BCUT2D eigenvalue weighted by molar-refractivity contribution is 9.10. The average molecular weight is 868 g/mol. The highest BCUT2D eigenvalue weighted by Gasteiger charge is 2.40. The number of allylic oxidation sites excluding steroid dienone is 1. The molecule has 12 nitrogen and oxygen atoms in total. The third kappa shape index (κ3) is 9.77. The van der Waals surface area contributed by atoms with E-state index in [0.717, 1.165) is 56.7 Å². The number of amides is 2. The van der Waals surface area contributed by atoms with Gasteiger partial charge in [-0.15, -0.1) is 0 Å². The Morgan fingerprint density at radius 1 is 0.750 bits per heavy atom. The van der Waals surface area contributed by atoms with Crippen LogP contribution >= 0.6 is 15.9 Å². The molecule has 1 aliphatic carbocycles. The van der Waals surface area contributed by atoms with Crippen LogP contribution in [0.15, 0.2) is 44.5 Å². The molecule has 5 aliphatic rings. The number of nitrogens with zero attached hydrogens (tertiary/aromatic N) is 6. The maximum atomic E-state index is 13.0. The number of hydrazone groups is 2. The highest BCUT2D eigenvalue weighted by atomic mass is 79.9. The smallest absolute Gasteiger partial charge is 0.267 e. The van der Waals surface area contributed by atoms with E-state index in [1.165, 1.54) is 46.0 Å². The Morgan fingerprint density at radius 3 is 1.66 bits per heavy atom. The van der Waals surface area contributed by atoms with Crippen molar-refractivity contribution in [2.24, 2.45) is 10.2 Å². The van der Waals surface area contributed by atoms with Gasteiger partial charge in [0.1, 0.15) is 50.3 Å². The second kappa shape index (κ2) is 17.2. The summed E-state index contributed by atoms with van der Waals surface area (Å²) in [7, 11) is -2.31. The fourth-order valence-corrected chi connectivity index (χ4v) is 8.68. The standard InChI is InChI=1S/C23H33N3O3Si.C18H26BrN3O3Si/c1-16-11-21-20(13-19(16)12-18-7-6-8-18)26-17(2)23(27)25(24-22(26)14-29-21)15-28-9-10-30(3,4)5;1-12-8-16-15(9-14(12)19)22-13(2)18(23)21(20-17(22)10-25-16)11-24-6-7-26(3,4)5/h11-13,17H,6-10,14-15H2,1-5H3;8-9,13H,6-7,10-11H2,1-5H3. The van der Waals surface area contributed by atoms with Crippen molar-refractivity contribution < 1.29 is 28.5 Å². The molecule has 2 unspecified atom stereocenters. The lowest BCUT2D eigenvalue weighted by Gasteiger charge is -2.41. The van der Waals surface area contributed by atoms with E-state index in [4.69, 9.17) is 18.9 Å². The van der Waals surface area contributed by atoms with Crippen LogP contribution in [-0.2, 0) is 19.1 Å². The van der Waals surface area contributed by atoms with Crippen molar-refractivity contribution in [2.75, 3.05) is 49.7 Å². The molecule has 15 heteroatoms. The summed E-state index contributed by atoms with van der Waals surface area (Å²) in [5.74, 6) is 2.99. The number of ether oxygens (including phenoxy) is 4. The summed E-state index contributed by atoms with van der Waals surface area (Å²) in [5.41, 5.74) is 6.78. The number of fused-ring (bicyclic) bond motifs is 6. The summed E-state index contributed by atoms with van der Waals surface area (Å²) in [5, 5.41) is 12.0. The number of anilines is 2. The summed E-state index contributed by atoms with van der Waals surface area (Å²) in [6, 6.07) is 9.66. The molecule has 0 spiro atoms. The summed E-state index contributed by atoms with van der Waals surface area (Å²) in [6.45, 7) is 24.2. The minimum absolute atomic E-state index is 0.0425. The largest absolute Gasteiger partial charge is 0.483 e. The van der Waals surface area contributed by atoms with Crippen molar-refractivity contribution >= 4 is 73.0 Å². The zero-order valence-corrected chi connectivity index (χ0v) is 38.4. The fourth-order valence-electron chi connectivity index (χ4n) is 6.83. The van der Waals surface area contributed by atoms with E-state index in [9.17, 15) is 9.59 Å². The van der Waals surface area contributed by atoms with Gasteiger partial charge in [-0.2, -0.15) is 10.2 Å². The number of carbonyl (C=O) groups is 2. The minimum Gasteiger partial charge on any atom is -0.483 e. The molecular weight excluding hydrogens is 809 g/mol. The number of rotatable bonds is 11. The quantitative estimate of drug-likeness (QED) is 0.164. The molecule has 4 aliphatic heterocycles. The Kier molecular flexibility index (Phi) is 12.9. The molecule has 0 N–H and O–H groups in total. The zero-order chi connectivity index (χ0) is 40.5. The van der Waals surface area contributed by atoms with Gasteiger partial charge in [0.2, 0.25) is 0 Å². The second-order valence-corrected chi connectivity index (χ2v) is 29.9. The molecule has 2 amide bonds. The number of aryl methyl sites for hydroxylation is 2. The van der Waals surface area contributed by atoms with Crippen molar-refractivity contribution in [2.45, 2.75) is 110 Å².